The lowest BCUT2D eigenvalue weighted by Gasteiger charge is -2.10. The van der Waals surface area contributed by atoms with Crippen molar-refractivity contribution in [1.82, 2.24) is 18.7 Å². The molecular weight excluding hydrogens is 380 g/mol. The Balaban J connectivity index is 2.08. The number of hydrazone groups is 1. The molecule has 0 fully saturated rings. The minimum Gasteiger partial charge on any atom is -0.303 e. The van der Waals surface area contributed by atoms with Crippen LogP contribution in [0.5, 0.6) is 0 Å². The Hall–Kier alpha value is -2.87. The summed E-state index contributed by atoms with van der Waals surface area (Å²) in [4.78, 5) is 29.4. The highest BCUT2D eigenvalue weighted by Crippen LogP contribution is 2.18. The van der Waals surface area contributed by atoms with E-state index in [1.165, 1.54) is 11.6 Å². The Morgan fingerprint density at radius 1 is 1.21 bits per heavy atom. The molecule has 0 aliphatic heterocycles. The van der Waals surface area contributed by atoms with Gasteiger partial charge in [-0.2, -0.15) is 10.1 Å². The van der Waals surface area contributed by atoms with Gasteiger partial charge in [0.2, 0.25) is 5.95 Å². The van der Waals surface area contributed by atoms with Crippen molar-refractivity contribution in [3.8, 4) is 0 Å². The Bertz CT molecular complexity index is 1160. The second-order valence-electron chi connectivity index (χ2n) is 7.04. The van der Waals surface area contributed by atoms with Crippen LogP contribution in [0.4, 0.5) is 5.95 Å². The van der Waals surface area contributed by atoms with Crippen LogP contribution < -0.4 is 16.7 Å². The van der Waals surface area contributed by atoms with E-state index in [0.717, 1.165) is 16.6 Å². The third kappa shape index (κ3) is 3.73. The van der Waals surface area contributed by atoms with Gasteiger partial charge in [-0.3, -0.25) is 13.9 Å². The number of aryl methyl sites for hydroxylation is 2. The molecule has 0 unspecified atom stereocenters. The third-order valence-corrected chi connectivity index (χ3v) is 4.90. The average Bonchev–Trinajstić information content (AvgIpc) is 3.03. The molecule has 2 heterocycles. The zero-order valence-corrected chi connectivity index (χ0v) is 17.1. The molecule has 0 saturated heterocycles. The van der Waals surface area contributed by atoms with Crippen LogP contribution in [0.15, 0.2) is 39.0 Å². The highest BCUT2D eigenvalue weighted by atomic mass is 35.5. The van der Waals surface area contributed by atoms with Gasteiger partial charge in [-0.05, 0) is 18.4 Å². The summed E-state index contributed by atoms with van der Waals surface area (Å²) in [7, 11) is 3.06. The minimum absolute atomic E-state index is 0.326. The molecular formula is C19H23ClN6O2. The van der Waals surface area contributed by atoms with Gasteiger partial charge in [-0.25, -0.2) is 10.2 Å². The molecule has 0 saturated carbocycles. The van der Waals surface area contributed by atoms with Crippen molar-refractivity contribution in [2.75, 3.05) is 5.43 Å². The van der Waals surface area contributed by atoms with E-state index in [9.17, 15) is 9.59 Å². The summed E-state index contributed by atoms with van der Waals surface area (Å²) in [6, 6.07) is 7.33. The summed E-state index contributed by atoms with van der Waals surface area (Å²) in [5.41, 5.74) is 3.55. The number of nitrogens with one attached hydrogen (secondary N) is 1. The van der Waals surface area contributed by atoms with Crippen LogP contribution >= 0.6 is 11.6 Å². The third-order valence-electron chi connectivity index (χ3n) is 4.55. The average molecular weight is 403 g/mol. The number of benzene rings is 1. The van der Waals surface area contributed by atoms with Gasteiger partial charge in [-0.1, -0.05) is 43.6 Å². The van der Waals surface area contributed by atoms with Crippen LogP contribution in [-0.4, -0.2) is 24.9 Å². The second kappa shape index (κ2) is 8.02. The van der Waals surface area contributed by atoms with Crippen molar-refractivity contribution in [3.05, 3.63) is 55.7 Å². The summed E-state index contributed by atoms with van der Waals surface area (Å²) in [6.07, 6.45) is 2.44. The zero-order chi connectivity index (χ0) is 20.4. The number of nitrogens with zero attached hydrogens (tertiary/aromatic N) is 5. The number of rotatable bonds is 6. The lowest BCUT2D eigenvalue weighted by molar-refractivity contribution is 0.524. The normalized spacial score (nSPS) is 11.8. The fourth-order valence-electron chi connectivity index (χ4n) is 2.88. The Kier molecular flexibility index (Phi) is 5.69. The second-order valence-corrected chi connectivity index (χ2v) is 7.45. The molecule has 0 amide bonds. The summed E-state index contributed by atoms with van der Waals surface area (Å²) in [5, 5.41) is 4.80. The van der Waals surface area contributed by atoms with Crippen LogP contribution in [0.3, 0.4) is 0 Å². The number of anilines is 1. The minimum atomic E-state index is -0.419. The molecule has 0 bridgehead atoms. The van der Waals surface area contributed by atoms with Crippen molar-refractivity contribution in [2.45, 2.75) is 26.8 Å². The Morgan fingerprint density at radius 3 is 2.61 bits per heavy atom. The van der Waals surface area contributed by atoms with Crippen LogP contribution in [0.1, 0.15) is 25.8 Å². The molecule has 148 valence electrons. The van der Waals surface area contributed by atoms with E-state index < -0.39 is 5.69 Å². The van der Waals surface area contributed by atoms with E-state index in [4.69, 9.17) is 11.6 Å². The van der Waals surface area contributed by atoms with Gasteiger partial charge in [0.1, 0.15) is 0 Å². The van der Waals surface area contributed by atoms with Crippen molar-refractivity contribution < 1.29 is 0 Å². The van der Waals surface area contributed by atoms with E-state index in [-0.39, 0.29) is 5.56 Å². The predicted octanol–water partition coefficient (Wildman–Crippen LogP) is 2.58. The SMILES string of the molecule is CC(C)CCn1c(NN=Cc2ccccc2Cl)nc2c1c(=O)n(C)c(=O)n2C. The number of aromatic nitrogens is 4. The molecule has 9 heteroatoms. The highest BCUT2D eigenvalue weighted by molar-refractivity contribution is 6.33. The van der Waals surface area contributed by atoms with Crippen molar-refractivity contribution in [1.29, 1.82) is 0 Å². The molecule has 0 atom stereocenters. The smallest absolute Gasteiger partial charge is 0.303 e. The molecule has 2 aromatic heterocycles. The summed E-state index contributed by atoms with van der Waals surface area (Å²) in [5.74, 6) is 0.838. The van der Waals surface area contributed by atoms with Crippen LogP contribution in [0.2, 0.25) is 5.02 Å². The number of hydrogen-bond donors (Lipinski definition) is 1. The van der Waals surface area contributed by atoms with E-state index in [2.05, 4.69) is 29.4 Å². The van der Waals surface area contributed by atoms with Gasteiger partial charge in [-0.15, -0.1) is 0 Å². The molecule has 0 aliphatic rings. The van der Waals surface area contributed by atoms with Gasteiger partial charge in [0.05, 0.1) is 6.21 Å². The van der Waals surface area contributed by atoms with Gasteiger partial charge in [0, 0.05) is 31.2 Å². The van der Waals surface area contributed by atoms with E-state index in [1.807, 2.05) is 18.2 Å². The van der Waals surface area contributed by atoms with Gasteiger partial charge in [0.25, 0.3) is 5.56 Å². The molecule has 1 aromatic carbocycles. The first-order chi connectivity index (χ1) is 13.3. The quantitative estimate of drug-likeness (QED) is 0.507. The topological polar surface area (TPSA) is 86.2 Å². The molecule has 0 radical (unpaired) electrons. The predicted molar refractivity (Wildman–Crippen MR) is 112 cm³/mol. The van der Waals surface area contributed by atoms with Crippen LogP contribution in [0, 0.1) is 5.92 Å². The molecule has 3 rings (SSSR count). The lowest BCUT2D eigenvalue weighted by atomic mass is 10.1. The maximum atomic E-state index is 12.7. The number of imidazole rings is 1. The first-order valence-electron chi connectivity index (χ1n) is 9.01. The fourth-order valence-corrected chi connectivity index (χ4v) is 3.06. The Morgan fingerprint density at radius 2 is 1.93 bits per heavy atom. The number of fused-ring (bicyclic) bond motifs is 1. The first kappa shape index (κ1) is 19.9. The monoisotopic (exact) mass is 402 g/mol. The highest BCUT2D eigenvalue weighted by Gasteiger charge is 2.19. The van der Waals surface area contributed by atoms with E-state index in [1.54, 1.807) is 23.9 Å². The molecule has 28 heavy (non-hydrogen) atoms. The van der Waals surface area contributed by atoms with Crippen LogP contribution in [-0.2, 0) is 20.6 Å². The summed E-state index contributed by atoms with van der Waals surface area (Å²) in [6.45, 7) is 4.79. The van der Waals surface area contributed by atoms with Crippen molar-refractivity contribution >= 4 is 34.9 Å². The first-order valence-corrected chi connectivity index (χ1v) is 9.39. The zero-order valence-electron chi connectivity index (χ0n) is 16.3. The molecule has 1 N–H and O–H groups in total. The van der Waals surface area contributed by atoms with Gasteiger partial charge in [0.15, 0.2) is 11.2 Å². The maximum Gasteiger partial charge on any atom is 0.332 e. The molecule has 0 spiro atoms. The molecule has 3 aromatic rings. The Labute approximate surface area is 167 Å². The maximum absolute atomic E-state index is 12.7. The molecule has 8 nitrogen and oxygen atoms in total. The summed E-state index contributed by atoms with van der Waals surface area (Å²) < 4.78 is 4.24. The van der Waals surface area contributed by atoms with Crippen molar-refractivity contribution in [3.63, 3.8) is 0 Å². The van der Waals surface area contributed by atoms with Gasteiger partial charge < -0.3 is 4.57 Å². The molecule has 0 aliphatic carbocycles. The summed E-state index contributed by atoms with van der Waals surface area (Å²) >= 11 is 6.14. The van der Waals surface area contributed by atoms with E-state index in [0.29, 0.717) is 34.6 Å². The van der Waals surface area contributed by atoms with Crippen LogP contribution in [0.25, 0.3) is 11.2 Å². The number of halogens is 1. The largest absolute Gasteiger partial charge is 0.332 e. The fraction of sp³-hybridized carbons (Fsp3) is 0.368. The van der Waals surface area contributed by atoms with E-state index >= 15 is 0 Å². The standard InChI is InChI=1S/C19H23ClN6O2/c1-12(2)9-10-26-15-16(24(3)19(28)25(4)17(15)27)22-18(26)23-21-11-13-7-5-6-8-14(13)20/h5-8,11-12H,9-10H2,1-4H3,(H,22,23). The van der Waals surface area contributed by atoms with Gasteiger partial charge >= 0.3 is 5.69 Å². The number of hydrogen-bond acceptors (Lipinski definition) is 5. The van der Waals surface area contributed by atoms with Crippen molar-refractivity contribution in [2.24, 2.45) is 25.1 Å². The lowest BCUT2D eigenvalue weighted by Crippen LogP contribution is -2.37.